The number of hydrogen-bond acceptors (Lipinski definition) is 5. The zero-order chi connectivity index (χ0) is 21.1. The first-order valence-electron chi connectivity index (χ1n) is 8.99. The second-order valence-electron chi connectivity index (χ2n) is 6.73. The second-order valence-corrected chi connectivity index (χ2v) is 7.14. The Kier molecular flexibility index (Phi) is 5.98. The van der Waals surface area contributed by atoms with Crippen molar-refractivity contribution in [2.75, 3.05) is 11.9 Å². The SMILES string of the molecule is Cc1cc(C)n(-c2ccc(Cl)c(C(=O)OCC(=O)Nc3c(C)cccc3C)n2)n1. The van der Waals surface area contributed by atoms with E-state index in [-0.39, 0.29) is 10.7 Å². The number of aryl methyl sites for hydroxylation is 4. The molecule has 0 fully saturated rings. The first kappa shape index (κ1) is 20.5. The van der Waals surface area contributed by atoms with Crippen molar-refractivity contribution in [1.82, 2.24) is 14.8 Å². The molecule has 29 heavy (non-hydrogen) atoms. The van der Waals surface area contributed by atoms with Crippen molar-refractivity contribution in [1.29, 1.82) is 0 Å². The fourth-order valence-corrected chi connectivity index (χ4v) is 3.12. The van der Waals surface area contributed by atoms with E-state index in [9.17, 15) is 9.59 Å². The number of carbonyl (C=O) groups is 2. The fourth-order valence-electron chi connectivity index (χ4n) is 2.94. The summed E-state index contributed by atoms with van der Waals surface area (Å²) in [6.07, 6.45) is 0. The summed E-state index contributed by atoms with van der Waals surface area (Å²) < 4.78 is 6.73. The van der Waals surface area contributed by atoms with E-state index >= 15 is 0 Å². The summed E-state index contributed by atoms with van der Waals surface area (Å²) >= 11 is 6.12. The van der Waals surface area contributed by atoms with Gasteiger partial charge in [-0.1, -0.05) is 29.8 Å². The first-order valence-corrected chi connectivity index (χ1v) is 9.37. The predicted octanol–water partition coefficient (Wildman–Crippen LogP) is 3.95. The summed E-state index contributed by atoms with van der Waals surface area (Å²) in [5, 5.41) is 7.24. The maximum Gasteiger partial charge on any atom is 0.359 e. The van der Waals surface area contributed by atoms with Gasteiger partial charge in [0.2, 0.25) is 0 Å². The normalized spacial score (nSPS) is 10.7. The number of carbonyl (C=O) groups excluding carboxylic acids is 2. The molecule has 3 aromatic rings. The Morgan fingerprint density at radius 2 is 1.79 bits per heavy atom. The van der Waals surface area contributed by atoms with Gasteiger partial charge in [0.25, 0.3) is 5.91 Å². The lowest BCUT2D eigenvalue weighted by Gasteiger charge is -2.12. The predicted molar refractivity (Wildman–Crippen MR) is 111 cm³/mol. The number of halogens is 1. The Labute approximate surface area is 173 Å². The minimum absolute atomic E-state index is 0.0726. The Hall–Kier alpha value is -3.19. The molecule has 2 aromatic heterocycles. The molecule has 0 unspecified atom stereocenters. The second kappa shape index (κ2) is 8.45. The van der Waals surface area contributed by atoms with Crippen LogP contribution in [0.15, 0.2) is 36.4 Å². The molecule has 1 aromatic carbocycles. The van der Waals surface area contributed by atoms with Crippen LogP contribution in [0.1, 0.15) is 33.0 Å². The van der Waals surface area contributed by atoms with E-state index < -0.39 is 18.5 Å². The number of nitrogens with one attached hydrogen (secondary N) is 1. The number of pyridine rings is 1. The lowest BCUT2D eigenvalue weighted by Crippen LogP contribution is -2.22. The van der Waals surface area contributed by atoms with Gasteiger partial charge in [0.05, 0.1) is 10.7 Å². The number of hydrogen-bond donors (Lipinski definition) is 1. The fraction of sp³-hybridized carbons (Fsp3) is 0.238. The molecule has 1 amide bonds. The van der Waals surface area contributed by atoms with E-state index in [4.69, 9.17) is 16.3 Å². The Morgan fingerprint density at radius 3 is 2.41 bits per heavy atom. The third kappa shape index (κ3) is 4.63. The quantitative estimate of drug-likeness (QED) is 0.641. The minimum atomic E-state index is -0.782. The Bertz CT molecular complexity index is 1070. The van der Waals surface area contributed by atoms with E-state index in [1.54, 1.807) is 16.8 Å². The topological polar surface area (TPSA) is 86.1 Å². The number of nitrogens with zero attached hydrogens (tertiary/aromatic N) is 3. The molecule has 7 nitrogen and oxygen atoms in total. The maximum absolute atomic E-state index is 12.5. The zero-order valence-corrected chi connectivity index (χ0v) is 17.4. The van der Waals surface area contributed by atoms with Gasteiger partial charge in [-0.25, -0.2) is 14.5 Å². The maximum atomic E-state index is 12.5. The first-order chi connectivity index (χ1) is 13.8. The van der Waals surface area contributed by atoms with Crippen LogP contribution in [0.4, 0.5) is 5.69 Å². The molecule has 150 valence electrons. The van der Waals surface area contributed by atoms with Crippen LogP contribution in [-0.2, 0) is 9.53 Å². The van der Waals surface area contributed by atoms with Gasteiger partial charge in [0.15, 0.2) is 18.1 Å². The zero-order valence-electron chi connectivity index (χ0n) is 16.6. The van der Waals surface area contributed by atoms with E-state index in [1.165, 1.54) is 0 Å². The highest BCUT2D eigenvalue weighted by Crippen LogP contribution is 2.20. The summed E-state index contributed by atoms with van der Waals surface area (Å²) in [6.45, 7) is 7.08. The highest BCUT2D eigenvalue weighted by atomic mass is 35.5. The van der Waals surface area contributed by atoms with Crippen molar-refractivity contribution in [2.24, 2.45) is 0 Å². The van der Waals surface area contributed by atoms with Crippen molar-refractivity contribution in [3.63, 3.8) is 0 Å². The number of para-hydroxylation sites is 1. The van der Waals surface area contributed by atoms with Crippen molar-refractivity contribution in [3.8, 4) is 5.82 Å². The molecular weight excluding hydrogens is 392 g/mol. The molecule has 0 atom stereocenters. The van der Waals surface area contributed by atoms with Crippen LogP contribution in [-0.4, -0.2) is 33.2 Å². The van der Waals surface area contributed by atoms with Crippen LogP contribution in [0, 0.1) is 27.7 Å². The number of anilines is 1. The molecule has 1 N–H and O–H groups in total. The molecule has 0 aliphatic heterocycles. The molecule has 0 bridgehead atoms. The number of benzene rings is 1. The highest BCUT2D eigenvalue weighted by molar-refractivity contribution is 6.33. The average molecular weight is 413 g/mol. The Morgan fingerprint density at radius 1 is 1.10 bits per heavy atom. The molecule has 0 saturated heterocycles. The molecule has 0 spiro atoms. The van der Waals surface area contributed by atoms with Crippen molar-refractivity contribution in [3.05, 3.63) is 69.6 Å². The standard InChI is InChI=1S/C21H21ClN4O3/c1-12-6-5-7-13(2)19(12)24-18(27)11-29-21(28)20-16(22)8-9-17(23-20)26-15(4)10-14(3)25-26/h5-10H,11H2,1-4H3,(H,24,27). The molecule has 0 saturated carbocycles. The van der Waals surface area contributed by atoms with E-state index in [0.717, 1.165) is 22.5 Å². The van der Waals surface area contributed by atoms with Crippen LogP contribution in [0.25, 0.3) is 5.82 Å². The van der Waals surface area contributed by atoms with Crippen LogP contribution in [0.3, 0.4) is 0 Å². The number of ether oxygens (including phenoxy) is 1. The van der Waals surface area contributed by atoms with Crippen molar-refractivity contribution in [2.45, 2.75) is 27.7 Å². The molecule has 3 rings (SSSR count). The summed E-state index contributed by atoms with van der Waals surface area (Å²) in [4.78, 5) is 28.9. The molecular formula is C21H21ClN4O3. The van der Waals surface area contributed by atoms with Crippen LogP contribution in [0.2, 0.25) is 5.02 Å². The van der Waals surface area contributed by atoms with Crippen LogP contribution >= 0.6 is 11.6 Å². The molecule has 0 aliphatic carbocycles. The van der Waals surface area contributed by atoms with Gasteiger partial charge < -0.3 is 10.1 Å². The number of aromatic nitrogens is 3. The molecule has 0 aliphatic rings. The van der Waals surface area contributed by atoms with Gasteiger partial charge in [-0.05, 0) is 57.0 Å². The largest absolute Gasteiger partial charge is 0.451 e. The van der Waals surface area contributed by atoms with E-state index in [1.807, 2.05) is 52.0 Å². The van der Waals surface area contributed by atoms with E-state index in [2.05, 4.69) is 15.4 Å². The smallest absolute Gasteiger partial charge is 0.359 e. The van der Waals surface area contributed by atoms with Crippen molar-refractivity contribution < 1.29 is 14.3 Å². The van der Waals surface area contributed by atoms with Crippen molar-refractivity contribution >= 4 is 29.2 Å². The summed E-state index contributed by atoms with van der Waals surface area (Å²) in [5.74, 6) is -0.788. The van der Waals surface area contributed by atoms with E-state index in [0.29, 0.717) is 11.5 Å². The van der Waals surface area contributed by atoms with Crippen LogP contribution in [0.5, 0.6) is 0 Å². The summed E-state index contributed by atoms with van der Waals surface area (Å²) in [6, 6.07) is 10.8. The summed E-state index contributed by atoms with van der Waals surface area (Å²) in [7, 11) is 0. The highest BCUT2D eigenvalue weighted by Gasteiger charge is 2.18. The van der Waals surface area contributed by atoms with Gasteiger partial charge in [-0.15, -0.1) is 0 Å². The molecule has 0 radical (unpaired) electrons. The minimum Gasteiger partial charge on any atom is -0.451 e. The summed E-state index contributed by atoms with van der Waals surface area (Å²) in [5.41, 5.74) is 4.17. The lowest BCUT2D eigenvalue weighted by atomic mass is 10.1. The van der Waals surface area contributed by atoms with Gasteiger partial charge in [0, 0.05) is 11.4 Å². The number of rotatable bonds is 5. The van der Waals surface area contributed by atoms with Gasteiger partial charge in [0.1, 0.15) is 0 Å². The number of amides is 1. The van der Waals surface area contributed by atoms with Gasteiger partial charge >= 0.3 is 5.97 Å². The molecule has 2 heterocycles. The average Bonchev–Trinajstić information content (AvgIpc) is 3.01. The third-order valence-corrected chi connectivity index (χ3v) is 4.64. The Balaban J connectivity index is 1.71. The monoisotopic (exact) mass is 412 g/mol. The molecule has 8 heteroatoms. The van der Waals surface area contributed by atoms with Crippen LogP contribution < -0.4 is 5.32 Å². The van der Waals surface area contributed by atoms with Gasteiger partial charge in [-0.3, -0.25) is 4.79 Å². The van der Waals surface area contributed by atoms with Gasteiger partial charge in [-0.2, -0.15) is 5.10 Å². The number of esters is 1. The third-order valence-electron chi connectivity index (χ3n) is 4.33. The lowest BCUT2D eigenvalue weighted by molar-refractivity contribution is -0.119.